The van der Waals surface area contributed by atoms with Crippen molar-refractivity contribution in [3.05, 3.63) is 65.4 Å². The van der Waals surface area contributed by atoms with Crippen LogP contribution in [0.3, 0.4) is 0 Å². The highest BCUT2D eigenvalue weighted by Gasteiger charge is 2.33. The Morgan fingerprint density at radius 3 is 2.48 bits per heavy atom. The molecule has 8 heteroatoms. The number of hydrogen-bond donors (Lipinski definition) is 2. The lowest BCUT2D eigenvalue weighted by atomic mass is 9.99. The molecule has 144 valence electrons. The van der Waals surface area contributed by atoms with Crippen molar-refractivity contribution in [3.63, 3.8) is 0 Å². The van der Waals surface area contributed by atoms with Crippen molar-refractivity contribution in [2.24, 2.45) is 0 Å². The number of rotatable bonds is 5. The van der Waals surface area contributed by atoms with Gasteiger partial charge >= 0.3 is 6.18 Å². The Bertz CT molecular complexity index is 801. The minimum absolute atomic E-state index is 0.0246. The highest BCUT2D eigenvalue weighted by Crippen LogP contribution is 2.35. The lowest BCUT2D eigenvalue weighted by Crippen LogP contribution is -2.44. The molecule has 0 radical (unpaired) electrons. The third kappa shape index (κ3) is 4.58. The molecule has 0 aromatic heterocycles. The first-order valence-electron chi connectivity index (χ1n) is 8.41. The van der Waals surface area contributed by atoms with Gasteiger partial charge in [0.25, 0.3) is 0 Å². The van der Waals surface area contributed by atoms with E-state index in [0.717, 1.165) is 11.6 Å². The number of benzene rings is 2. The molecule has 1 heterocycles. The van der Waals surface area contributed by atoms with Crippen LogP contribution >= 0.6 is 0 Å². The van der Waals surface area contributed by atoms with E-state index in [1.54, 1.807) is 24.3 Å². The van der Waals surface area contributed by atoms with Gasteiger partial charge in [-0.25, -0.2) is 0 Å². The quantitative estimate of drug-likeness (QED) is 0.816. The van der Waals surface area contributed by atoms with Gasteiger partial charge in [0.2, 0.25) is 5.91 Å². The number of amides is 1. The van der Waals surface area contributed by atoms with E-state index in [4.69, 9.17) is 10.5 Å². The Morgan fingerprint density at radius 2 is 1.85 bits per heavy atom. The molecule has 1 unspecified atom stereocenters. The summed E-state index contributed by atoms with van der Waals surface area (Å²) in [6.07, 6.45) is -4.08. The molecule has 3 rings (SSSR count). The molecular formula is C19H19F3N3O2-. The number of halogens is 3. The fraction of sp³-hybridized carbons (Fsp3) is 0.316. The first-order chi connectivity index (χ1) is 12.8. The van der Waals surface area contributed by atoms with Crippen LogP contribution in [0.1, 0.15) is 17.5 Å². The zero-order chi connectivity index (χ0) is 19.5. The van der Waals surface area contributed by atoms with Gasteiger partial charge in [-0.05, 0) is 41.8 Å². The molecule has 1 fully saturated rings. The van der Waals surface area contributed by atoms with E-state index in [0.29, 0.717) is 18.7 Å². The van der Waals surface area contributed by atoms with Crippen molar-refractivity contribution >= 4 is 17.3 Å². The summed E-state index contributed by atoms with van der Waals surface area (Å²) in [5.74, 6) is -0.388. The highest BCUT2D eigenvalue weighted by atomic mass is 19.4. The summed E-state index contributed by atoms with van der Waals surface area (Å²) in [5.41, 5.74) is 7.32. The van der Waals surface area contributed by atoms with E-state index >= 15 is 0 Å². The minimum Gasteiger partial charge on any atom is -0.662 e. The van der Waals surface area contributed by atoms with Gasteiger partial charge in [0.15, 0.2) is 0 Å². The van der Waals surface area contributed by atoms with Crippen LogP contribution in [0.15, 0.2) is 48.5 Å². The van der Waals surface area contributed by atoms with E-state index < -0.39 is 17.3 Å². The maximum Gasteiger partial charge on any atom is 0.418 e. The highest BCUT2D eigenvalue weighted by molar-refractivity contribution is 5.88. The first-order valence-corrected chi connectivity index (χ1v) is 8.41. The number of ether oxygens (including phenoxy) is 1. The smallest absolute Gasteiger partial charge is 0.418 e. The summed E-state index contributed by atoms with van der Waals surface area (Å²) >= 11 is 0. The predicted octanol–water partition coefficient (Wildman–Crippen LogP) is 4.28. The average Bonchev–Trinajstić information content (AvgIpc) is 3.08. The monoisotopic (exact) mass is 378 g/mol. The van der Waals surface area contributed by atoms with Crippen molar-refractivity contribution in [1.82, 2.24) is 5.32 Å². The van der Waals surface area contributed by atoms with Gasteiger partial charge in [-0.3, -0.25) is 4.79 Å². The Morgan fingerprint density at radius 1 is 1.15 bits per heavy atom. The Hall–Kier alpha value is -2.58. The van der Waals surface area contributed by atoms with Gasteiger partial charge in [-0.1, -0.05) is 24.3 Å². The molecule has 1 aliphatic rings. The van der Waals surface area contributed by atoms with E-state index in [9.17, 15) is 18.0 Å². The number of hydrogen-bond acceptors (Lipinski definition) is 3. The third-order valence-electron chi connectivity index (χ3n) is 4.37. The van der Waals surface area contributed by atoms with E-state index in [-0.39, 0.29) is 24.7 Å². The topological polar surface area (TPSA) is 74.2 Å². The maximum absolute atomic E-state index is 13.0. The fourth-order valence-electron chi connectivity index (χ4n) is 2.80. The van der Waals surface area contributed by atoms with Gasteiger partial charge in [0.05, 0.1) is 11.3 Å². The normalized spacial score (nSPS) is 19.7. The van der Waals surface area contributed by atoms with Gasteiger partial charge in [-0.15, -0.1) is 0 Å². The molecular weight excluding hydrogens is 359 g/mol. The Labute approximate surface area is 154 Å². The average molecular weight is 378 g/mol. The van der Waals surface area contributed by atoms with E-state index in [1.807, 2.05) is 0 Å². The van der Waals surface area contributed by atoms with Gasteiger partial charge < -0.3 is 21.1 Å². The fourth-order valence-corrected chi connectivity index (χ4v) is 2.80. The maximum atomic E-state index is 13.0. The summed E-state index contributed by atoms with van der Waals surface area (Å²) in [6.45, 7) is 0.718. The SMILES string of the molecule is [NH-]C1(C(=O)NCc2ccc(Nc3ccccc3C(F)(F)F)cc2)CCOC1. The summed E-state index contributed by atoms with van der Waals surface area (Å²) in [4.78, 5) is 12.1. The summed E-state index contributed by atoms with van der Waals surface area (Å²) in [7, 11) is 0. The lowest BCUT2D eigenvalue weighted by molar-refractivity contribution is -0.137. The second-order valence-corrected chi connectivity index (χ2v) is 6.43. The van der Waals surface area contributed by atoms with Crippen LogP contribution in [0.25, 0.3) is 5.73 Å². The van der Waals surface area contributed by atoms with Gasteiger partial charge in [0.1, 0.15) is 0 Å². The van der Waals surface area contributed by atoms with Crippen LogP contribution in [-0.2, 0) is 22.3 Å². The number of para-hydroxylation sites is 1. The van der Waals surface area contributed by atoms with E-state index in [2.05, 4.69) is 10.6 Å². The van der Waals surface area contributed by atoms with Gasteiger partial charge in [-0.2, -0.15) is 13.2 Å². The molecule has 1 saturated heterocycles. The Kier molecular flexibility index (Phi) is 5.38. The molecule has 0 bridgehead atoms. The number of anilines is 2. The molecule has 2 aromatic rings. The Balaban J connectivity index is 1.62. The molecule has 1 amide bonds. The molecule has 0 spiro atoms. The standard InChI is InChI=1S/C19H19F3N3O2/c20-19(21,22)15-3-1-2-4-16(15)25-14-7-5-13(6-8-14)11-24-17(26)18(23)9-10-27-12-18/h1-8,23,25H,9-12H2,(H,24,26)/q-1. The number of carbonyl (C=O) groups excluding carboxylic acids is 1. The van der Waals surface area contributed by atoms with Crippen LogP contribution in [0, 0.1) is 0 Å². The molecule has 0 saturated carbocycles. The van der Waals surface area contributed by atoms with Crippen LogP contribution < -0.4 is 10.6 Å². The molecule has 1 aliphatic heterocycles. The second-order valence-electron chi connectivity index (χ2n) is 6.43. The first kappa shape index (κ1) is 19.2. The van der Waals surface area contributed by atoms with Crippen molar-refractivity contribution < 1.29 is 22.7 Å². The molecule has 1 atom stereocenters. The zero-order valence-electron chi connectivity index (χ0n) is 14.4. The lowest BCUT2D eigenvalue weighted by Gasteiger charge is -2.30. The number of alkyl halides is 3. The van der Waals surface area contributed by atoms with Crippen LogP contribution in [0.5, 0.6) is 0 Å². The molecule has 5 nitrogen and oxygen atoms in total. The van der Waals surface area contributed by atoms with E-state index in [1.165, 1.54) is 18.2 Å². The minimum atomic E-state index is -4.44. The largest absolute Gasteiger partial charge is 0.662 e. The molecule has 2 aromatic carbocycles. The van der Waals surface area contributed by atoms with Crippen molar-refractivity contribution in [1.29, 1.82) is 0 Å². The van der Waals surface area contributed by atoms with Gasteiger partial charge in [0, 0.05) is 25.4 Å². The molecule has 27 heavy (non-hydrogen) atoms. The van der Waals surface area contributed by atoms with Crippen LogP contribution in [-0.4, -0.2) is 24.7 Å². The van der Waals surface area contributed by atoms with Crippen molar-refractivity contribution in [2.75, 3.05) is 18.5 Å². The second kappa shape index (κ2) is 7.58. The summed E-state index contributed by atoms with van der Waals surface area (Å²) in [6, 6.07) is 12.0. The predicted molar refractivity (Wildman–Crippen MR) is 95.5 cm³/mol. The zero-order valence-corrected chi connectivity index (χ0v) is 14.4. The van der Waals surface area contributed by atoms with Crippen LogP contribution in [0.4, 0.5) is 24.5 Å². The number of nitrogens with one attached hydrogen (secondary N) is 3. The van der Waals surface area contributed by atoms with Crippen LogP contribution in [0.2, 0.25) is 0 Å². The summed E-state index contributed by atoms with van der Waals surface area (Å²) < 4.78 is 44.2. The molecule has 3 N–H and O–H groups in total. The van der Waals surface area contributed by atoms with Crippen molar-refractivity contribution in [3.8, 4) is 0 Å². The summed E-state index contributed by atoms with van der Waals surface area (Å²) in [5, 5.41) is 5.47. The number of carbonyl (C=O) groups is 1. The van der Waals surface area contributed by atoms with Crippen molar-refractivity contribution in [2.45, 2.75) is 24.7 Å². The third-order valence-corrected chi connectivity index (χ3v) is 4.37. The molecule has 0 aliphatic carbocycles.